The summed E-state index contributed by atoms with van der Waals surface area (Å²) >= 11 is 0. The van der Waals surface area contributed by atoms with E-state index in [0.29, 0.717) is 31.2 Å². The van der Waals surface area contributed by atoms with Crippen molar-refractivity contribution in [1.29, 1.82) is 0 Å². The first-order chi connectivity index (χ1) is 19.4. The molecule has 0 saturated carbocycles. The van der Waals surface area contributed by atoms with Crippen LogP contribution in [0, 0.1) is 5.92 Å². The third-order valence-corrected chi connectivity index (χ3v) is 8.62. The van der Waals surface area contributed by atoms with Crippen LogP contribution in [0.1, 0.15) is 50.4 Å². The van der Waals surface area contributed by atoms with Crippen LogP contribution in [0.4, 0.5) is 5.69 Å². The normalized spacial score (nSPS) is 21.9. The topological polar surface area (TPSA) is 118 Å². The molecule has 1 amide bonds. The van der Waals surface area contributed by atoms with Crippen LogP contribution in [-0.4, -0.2) is 95.0 Å². The summed E-state index contributed by atoms with van der Waals surface area (Å²) in [6, 6.07) is 10.3. The molecule has 0 aromatic heterocycles. The first-order valence-electron chi connectivity index (χ1n) is 14.1. The second-order valence-corrected chi connectivity index (χ2v) is 12.7. The lowest BCUT2D eigenvalue weighted by Gasteiger charge is -2.35. The number of hydrogen-bond donors (Lipinski definition) is 2. The third-order valence-electron chi connectivity index (χ3n) is 7.22. The van der Waals surface area contributed by atoms with Crippen molar-refractivity contribution in [2.24, 2.45) is 5.92 Å². The molecule has 0 unspecified atom stereocenters. The lowest BCUT2D eigenvalue weighted by atomic mass is 10.0. The van der Waals surface area contributed by atoms with Crippen molar-refractivity contribution in [3.63, 3.8) is 0 Å². The minimum atomic E-state index is -3.94. The highest BCUT2D eigenvalue weighted by molar-refractivity contribution is 7.92. The fourth-order valence-corrected chi connectivity index (χ4v) is 5.83. The van der Waals surface area contributed by atoms with Gasteiger partial charge in [0.25, 0.3) is 15.9 Å². The Balaban J connectivity index is 2.01. The van der Waals surface area contributed by atoms with E-state index in [4.69, 9.17) is 14.2 Å². The SMILES string of the molecule is COc1ccc(S(=O)(=O)Nc2ccc3c(c2)C(=O)N([C@@H](C)CO)C[C@@H](C)[C@H](CN(C)C)OCCCC[C@H](C)O3)cc1. The van der Waals surface area contributed by atoms with Gasteiger partial charge in [-0.3, -0.25) is 9.52 Å². The number of hydrogen-bond acceptors (Lipinski definition) is 8. The maximum atomic E-state index is 14.1. The molecule has 10 nitrogen and oxygen atoms in total. The Kier molecular flexibility index (Phi) is 11.8. The van der Waals surface area contributed by atoms with E-state index < -0.39 is 16.1 Å². The molecule has 0 bridgehead atoms. The molecular weight excluding hydrogens is 546 g/mol. The predicted molar refractivity (Wildman–Crippen MR) is 159 cm³/mol. The van der Waals surface area contributed by atoms with E-state index in [-0.39, 0.29) is 46.8 Å². The zero-order chi connectivity index (χ0) is 30.2. The number of aliphatic hydroxyl groups excluding tert-OH is 1. The third kappa shape index (κ3) is 9.06. The number of nitrogens with zero attached hydrogens (tertiary/aromatic N) is 2. The van der Waals surface area contributed by atoms with E-state index in [1.165, 1.54) is 25.3 Å². The summed E-state index contributed by atoms with van der Waals surface area (Å²) in [6.07, 6.45) is 2.28. The number of amides is 1. The van der Waals surface area contributed by atoms with Gasteiger partial charge in [0.05, 0.1) is 42.4 Å². The zero-order valence-electron chi connectivity index (χ0n) is 25.0. The molecule has 11 heteroatoms. The Morgan fingerprint density at radius 1 is 1.15 bits per heavy atom. The van der Waals surface area contributed by atoms with Gasteiger partial charge in [0, 0.05) is 31.3 Å². The van der Waals surface area contributed by atoms with E-state index >= 15 is 0 Å². The molecule has 2 aromatic rings. The van der Waals surface area contributed by atoms with Gasteiger partial charge in [-0.1, -0.05) is 6.92 Å². The molecule has 1 aliphatic rings. The summed E-state index contributed by atoms with van der Waals surface area (Å²) < 4.78 is 46.5. The summed E-state index contributed by atoms with van der Waals surface area (Å²) in [5.74, 6) is 0.526. The van der Waals surface area contributed by atoms with Crippen molar-refractivity contribution >= 4 is 21.6 Å². The van der Waals surface area contributed by atoms with Crippen LogP contribution >= 0.6 is 0 Å². The molecule has 1 heterocycles. The van der Waals surface area contributed by atoms with Crippen LogP contribution < -0.4 is 14.2 Å². The van der Waals surface area contributed by atoms with Crippen molar-refractivity contribution in [2.45, 2.75) is 63.2 Å². The molecular formula is C30H45N3O7S. The number of benzene rings is 2. The molecule has 0 spiro atoms. The number of methoxy groups -OCH3 is 1. The number of anilines is 1. The van der Waals surface area contributed by atoms with Gasteiger partial charge in [-0.2, -0.15) is 0 Å². The fraction of sp³-hybridized carbons (Fsp3) is 0.567. The number of sulfonamides is 1. The largest absolute Gasteiger partial charge is 0.497 e. The highest BCUT2D eigenvalue weighted by atomic mass is 32.2. The van der Waals surface area contributed by atoms with E-state index in [1.807, 2.05) is 27.9 Å². The van der Waals surface area contributed by atoms with Crippen LogP contribution in [0.3, 0.4) is 0 Å². The van der Waals surface area contributed by atoms with Crippen LogP contribution in [0.5, 0.6) is 11.5 Å². The molecule has 0 saturated heterocycles. The average molecular weight is 592 g/mol. The second-order valence-electron chi connectivity index (χ2n) is 11.1. The standard InChI is InChI=1S/C30H45N3O7S/c1-21-18-33(22(2)20-34)30(35)27-17-24(31-41(36,37)26-13-11-25(38-6)12-14-26)10-15-28(27)40-23(3)9-7-8-16-39-29(21)19-32(4)5/h10-15,17,21-23,29,31,34H,7-9,16,18-20H2,1-6H3/t21-,22+,23+,29+/m1/s1. The Bertz CT molecular complexity index is 1240. The van der Waals surface area contributed by atoms with Crippen molar-refractivity contribution in [3.8, 4) is 11.5 Å². The highest BCUT2D eigenvalue weighted by Crippen LogP contribution is 2.29. The molecule has 2 N–H and O–H groups in total. The van der Waals surface area contributed by atoms with Gasteiger partial charge in [-0.05, 0) is 89.7 Å². The summed E-state index contributed by atoms with van der Waals surface area (Å²) in [5.41, 5.74) is 0.449. The number of rotatable bonds is 8. The maximum Gasteiger partial charge on any atom is 0.261 e. The molecule has 3 rings (SSSR count). The van der Waals surface area contributed by atoms with Crippen molar-refractivity contribution < 1.29 is 32.5 Å². The summed E-state index contributed by atoms with van der Waals surface area (Å²) in [7, 11) is 1.55. The number of aliphatic hydroxyl groups is 1. The molecule has 1 aliphatic heterocycles. The molecule has 0 aliphatic carbocycles. The molecule has 0 fully saturated rings. The summed E-state index contributed by atoms with van der Waals surface area (Å²) in [5, 5.41) is 10.1. The number of ether oxygens (including phenoxy) is 3. The van der Waals surface area contributed by atoms with Crippen LogP contribution in [0.2, 0.25) is 0 Å². The quantitative estimate of drug-likeness (QED) is 0.476. The van der Waals surface area contributed by atoms with E-state index in [2.05, 4.69) is 9.62 Å². The Hall–Kier alpha value is -2.86. The highest BCUT2D eigenvalue weighted by Gasteiger charge is 2.30. The maximum absolute atomic E-state index is 14.1. The Morgan fingerprint density at radius 3 is 2.49 bits per heavy atom. The van der Waals surface area contributed by atoms with Crippen LogP contribution in [0.25, 0.3) is 0 Å². The number of carbonyl (C=O) groups is 1. The van der Waals surface area contributed by atoms with Gasteiger partial charge in [-0.25, -0.2) is 8.42 Å². The Labute approximate surface area is 244 Å². The van der Waals surface area contributed by atoms with Crippen molar-refractivity contribution in [3.05, 3.63) is 48.0 Å². The van der Waals surface area contributed by atoms with Crippen molar-refractivity contribution in [2.75, 3.05) is 52.2 Å². The first kappa shape index (κ1) is 32.7. The summed E-state index contributed by atoms with van der Waals surface area (Å²) in [4.78, 5) is 17.9. The number of nitrogens with one attached hydrogen (secondary N) is 1. The van der Waals surface area contributed by atoms with E-state index in [9.17, 15) is 18.3 Å². The zero-order valence-corrected chi connectivity index (χ0v) is 25.8. The van der Waals surface area contributed by atoms with Gasteiger partial charge >= 0.3 is 0 Å². The van der Waals surface area contributed by atoms with Crippen LogP contribution in [0.15, 0.2) is 47.4 Å². The van der Waals surface area contributed by atoms with Gasteiger partial charge in [0.15, 0.2) is 0 Å². The van der Waals surface area contributed by atoms with E-state index in [1.54, 1.807) is 36.1 Å². The smallest absolute Gasteiger partial charge is 0.261 e. The van der Waals surface area contributed by atoms with Crippen LogP contribution in [-0.2, 0) is 14.8 Å². The van der Waals surface area contributed by atoms with Gasteiger partial charge < -0.3 is 29.1 Å². The number of fused-ring (bicyclic) bond motifs is 1. The first-order valence-corrected chi connectivity index (χ1v) is 15.6. The minimum absolute atomic E-state index is 0.0293. The molecule has 2 aromatic carbocycles. The second kappa shape index (κ2) is 14.9. The van der Waals surface area contributed by atoms with Gasteiger partial charge in [0.1, 0.15) is 11.5 Å². The van der Waals surface area contributed by atoms with E-state index in [0.717, 1.165) is 19.3 Å². The average Bonchev–Trinajstić information content (AvgIpc) is 2.94. The monoisotopic (exact) mass is 591 g/mol. The van der Waals surface area contributed by atoms with Gasteiger partial charge in [0.2, 0.25) is 0 Å². The number of likely N-dealkylation sites (N-methyl/N-ethyl adjacent to an activating group) is 1. The Morgan fingerprint density at radius 2 is 1.85 bits per heavy atom. The predicted octanol–water partition coefficient (Wildman–Crippen LogP) is 3.85. The molecule has 0 radical (unpaired) electrons. The lowest BCUT2D eigenvalue weighted by Crippen LogP contribution is -2.47. The molecule has 4 atom stereocenters. The fourth-order valence-electron chi connectivity index (χ4n) is 4.78. The van der Waals surface area contributed by atoms with Crippen molar-refractivity contribution in [1.82, 2.24) is 9.80 Å². The summed E-state index contributed by atoms with van der Waals surface area (Å²) in [6.45, 7) is 7.21. The number of carbonyl (C=O) groups excluding carboxylic acids is 1. The minimum Gasteiger partial charge on any atom is -0.497 e. The molecule has 228 valence electrons. The lowest BCUT2D eigenvalue weighted by molar-refractivity contribution is -0.0137. The molecule has 41 heavy (non-hydrogen) atoms. The van der Waals surface area contributed by atoms with Gasteiger partial charge in [-0.15, -0.1) is 0 Å².